The fourth-order valence-electron chi connectivity index (χ4n) is 0.913. The third-order valence-electron chi connectivity index (χ3n) is 1.94. The highest BCUT2D eigenvalue weighted by Gasteiger charge is 2.46. The van der Waals surface area contributed by atoms with E-state index in [0.717, 1.165) is 0 Å². The first-order valence-corrected chi connectivity index (χ1v) is 3.88. The smallest absolute Gasteiger partial charge is 0.314 e. The van der Waals surface area contributed by atoms with Gasteiger partial charge in [0.05, 0.1) is 24.7 Å². The van der Waals surface area contributed by atoms with Gasteiger partial charge in [0.2, 0.25) is 0 Å². The molecule has 0 bridgehead atoms. The Labute approximate surface area is 66.7 Å². The molecule has 1 heterocycles. The lowest BCUT2D eigenvalue weighted by Crippen LogP contribution is -2.32. The maximum absolute atomic E-state index is 11.2. The number of rotatable bonds is 3. The lowest BCUT2D eigenvalue weighted by molar-refractivity contribution is -0.154. The topological polar surface area (TPSA) is 38.8 Å². The van der Waals surface area contributed by atoms with Crippen LogP contribution in [0.2, 0.25) is 0 Å². The predicted molar refractivity (Wildman–Crippen MR) is 40.2 cm³/mol. The molecule has 0 spiro atoms. The van der Waals surface area contributed by atoms with Gasteiger partial charge in [-0.15, -0.1) is 0 Å². The van der Waals surface area contributed by atoms with Crippen LogP contribution in [-0.4, -0.2) is 25.3 Å². The molecule has 3 heteroatoms. The first-order valence-electron chi connectivity index (χ1n) is 3.88. The maximum atomic E-state index is 11.2. The average molecular weight is 158 g/mol. The molecule has 0 aromatic heterocycles. The van der Waals surface area contributed by atoms with Crippen LogP contribution in [0.15, 0.2) is 0 Å². The summed E-state index contributed by atoms with van der Waals surface area (Å²) in [6.45, 7) is 6.63. The van der Waals surface area contributed by atoms with Crippen LogP contribution < -0.4 is 0 Å². The van der Waals surface area contributed by atoms with Crippen molar-refractivity contribution in [1.29, 1.82) is 0 Å². The van der Waals surface area contributed by atoms with E-state index in [4.69, 9.17) is 9.47 Å². The molecule has 0 aliphatic carbocycles. The predicted octanol–water partition coefficient (Wildman–Crippen LogP) is 0.975. The van der Waals surface area contributed by atoms with E-state index in [0.29, 0.717) is 13.2 Å². The van der Waals surface area contributed by atoms with Crippen molar-refractivity contribution in [3.05, 3.63) is 0 Å². The second kappa shape index (κ2) is 2.81. The standard InChI is InChI=1S/C8H14O3/c1-4-10-7(9)8(2,3)6-5-11-6/h6H,4-5H2,1-3H3/t6-/m1/s1. The van der Waals surface area contributed by atoms with Crippen molar-refractivity contribution in [3.63, 3.8) is 0 Å². The lowest BCUT2D eigenvalue weighted by Gasteiger charge is -2.18. The number of hydrogen-bond donors (Lipinski definition) is 0. The van der Waals surface area contributed by atoms with E-state index in [1.54, 1.807) is 0 Å². The first-order chi connectivity index (χ1) is 5.09. The number of ether oxygens (including phenoxy) is 2. The van der Waals surface area contributed by atoms with E-state index < -0.39 is 5.41 Å². The van der Waals surface area contributed by atoms with E-state index in [1.807, 2.05) is 20.8 Å². The van der Waals surface area contributed by atoms with Crippen molar-refractivity contribution in [2.45, 2.75) is 26.9 Å². The Morgan fingerprint density at radius 3 is 2.64 bits per heavy atom. The van der Waals surface area contributed by atoms with Gasteiger partial charge < -0.3 is 9.47 Å². The van der Waals surface area contributed by atoms with Crippen LogP contribution >= 0.6 is 0 Å². The molecule has 3 nitrogen and oxygen atoms in total. The number of esters is 1. The Morgan fingerprint density at radius 2 is 2.27 bits per heavy atom. The summed E-state index contributed by atoms with van der Waals surface area (Å²) in [7, 11) is 0. The van der Waals surface area contributed by atoms with E-state index >= 15 is 0 Å². The molecule has 0 amide bonds. The van der Waals surface area contributed by atoms with Crippen LogP contribution in [-0.2, 0) is 14.3 Å². The second-order valence-electron chi connectivity index (χ2n) is 3.26. The molecular formula is C8H14O3. The summed E-state index contributed by atoms with van der Waals surface area (Å²) >= 11 is 0. The fourth-order valence-corrected chi connectivity index (χ4v) is 0.913. The third kappa shape index (κ3) is 1.71. The number of hydrogen-bond acceptors (Lipinski definition) is 3. The highest BCUT2D eigenvalue weighted by molar-refractivity contribution is 5.77. The van der Waals surface area contributed by atoms with E-state index in [1.165, 1.54) is 0 Å². The van der Waals surface area contributed by atoms with Crippen LogP contribution in [0.5, 0.6) is 0 Å². The Bertz CT molecular complexity index is 159. The SMILES string of the molecule is CCOC(=O)C(C)(C)[C@H]1CO1. The third-order valence-corrected chi connectivity index (χ3v) is 1.94. The fraction of sp³-hybridized carbons (Fsp3) is 0.875. The summed E-state index contributed by atoms with van der Waals surface area (Å²) < 4.78 is 9.93. The molecule has 1 saturated heterocycles. The molecule has 0 aromatic rings. The zero-order valence-electron chi connectivity index (χ0n) is 7.22. The summed E-state index contributed by atoms with van der Waals surface area (Å²) in [5.74, 6) is -0.164. The Kier molecular flexibility index (Phi) is 2.18. The van der Waals surface area contributed by atoms with Gasteiger partial charge in [-0.05, 0) is 20.8 Å². The first kappa shape index (κ1) is 8.53. The van der Waals surface area contributed by atoms with Crippen molar-refractivity contribution in [2.24, 2.45) is 5.41 Å². The zero-order valence-corrected chi connectivity index (χ0v) is 7.22. The summed E-state index contributed by atoms with van der Waals surface area (Å²) in [6, 6.07) is 0. The Hall–Kier alpha value is -0.570. The van der Waals surface area contributed by atoms with Crippen LogP contribution in [0.25, 0.3) is 0 Å². The molecule has 1 atom stereocenters. The van der Waals surface area contributed by atoms with Gasteiger partial charge in [0.15, 0.2) is 0 Å². The molecule has 0 aromatic carbocycles. The lowest BCUT2D eigenvalue weighted by atomic mass is 9.90. The Balaban J connectivity index is 2.48. The largest absolute Gasteiger partial charge is 0.466 e. The maximum Gasteiger partial charge on any atom is 0.314 e. The molecule has 1 aliphatic rings. The molecule has 1 fully saturated rings. The summed E-state index contributed by atoms with van der Waals surface area (Å²) in [4.78, 5) is 11.2. The van der Waals surface area contributed by atoms with Crippen LogP contribution in [0.1, 0.15) is 20.8 Å². The average Bonchev–Trinajstić information content (AvgIpc) is 2.68. The number of carbonyl (C=O) groups is 1. The van der Waals surface area contributed by atoms with Gasteiger partial charge in [-0.3, -0.25) is 4.79 Å². The molecule has 0 N–H and O–H groups in total. The monoisotopic (exact) mass is 158 g/mol. The zero-order chi connectivity index (χ0) is 8.48. The number of carbonyl (C=O) groups excluding carboxylic acids is 1. The van der Waals surface area contributed by atoms with Gasteiger partial charge >= 0.3 is 5.97 Å². The van der Waals surface area contributed by atoms with Gasteiger partial charge in [-0.1, -0.05) is 0 Å². The van der Waals surface area contributed by atoms with Gasteiger partial charge in [-0.25, -0.2) is 0 Å². The highest BCUT2D eigenvalue weighted by atomic mass is 16.6. The van der Waals surface area contributed by atoms with Gasteiger partial charge in [0.1, 0.15) is 0 Å². The van der Waals surface area contributed by atoms with E-state index in [9.17, 15) is 4.79 Å². The van der Waals surface area contributed by atoms with E-state index in [-0.39, 0.29) is 12.1 Å². The minimum absolute atomic E-state index is 0.0709. The van der Waals surface area contributed by atoms with E-state index in [2.05, 4.69) is 0 Å². The molecule has 0 radical (unpaired) electrons. The minimum atomic E-state index is -0.462. The number of epoxide rings is 1. The van der Waals surface area contributed by atoms with Crippen molar-refractivity contribution in [2.75, 3.05) is 13.2 Å². The molecule has 0 saturated carbocycles. The van der Waals surface area contributed by atoms with Crippen LogP contribution in [0.4, 0.5) is 0 Å². The highest BCUT2D eigenvalue weighted by Crippen LogP contribution is 2.33. The van der Waals surface area contributed by atoms with Crippen LogP contribution in [0, 0.1) is 5.41 Å². The normalized spacial score (nSPS) is 23.0. The summed E-state index contributed by atoms with van der Waals surface area (Å²) in [6.07, 6.45) is 0.0709. The molecule has 11 heavy (non-hydrogen) atoms. The molecule has 64 valence electrons. The van der Waals surface area contributed by atoms with Crippen molar-refractivity contribution in [1.82, 2.24) is 0 Å². The van der Waals surface area contributed by atoms with Crippen molar-refractivity contribution >= 4 is 5.97 Å². The Morgan fingerprint density at radius 1 is 1.73 bits per heavy atom. The summed E-state index contributed by atoms with van der Waals surface area (Å²) in [5.41, 5.74) is -0.462. The van der Waals surface area contributed by atoms with Gasteiger partial charge in [-0.2, -0.15) is 0 Å². The quantitative estimate of drug-likeness (QED) is 0.454. The van der Waals surface area contributed by atoms with Crippen LogP contribution in [0.3, 0.4) is 0 Å². The minimum Gasteiger partial charge on any atom is -0.466 e. The molecule has 1 aliphatic heterocycles. The summed E-state index contributed by atoms with van der Waals surface area (Å²) in [5, 5.41) is 0. The van der Waals surface area contributed by atoms with Crippen molar-refractivity contribution in [3.8, 4) is 0 Å². The van der Waals surface area contributed by atoms with Crippen molar-refractivity contribution < 1.29 is 14.3 Å². The molecular weight excluding hydrogens is 144 g/mol. The van der Waals surface area contributed by atoms with Gasteiger partial charge in [0, 0.05) is 0 Å². The second-order valence-corrected chi connectivity index (χ2v) is 3.26. The molecule has 0 unspecified atom stereocenters. The van der Waals surface area contributed by atoms with Gasteiger partial charge in [0.25, 0.3) is 0 Å². The molecule has 1 rings (SSSR count).